The van der Waals surface area contributed by atoms with E-state index in [9.17, 15) is 4.39 Å². The Labute approximate surface area is 124 Å². The first-order valence-corrected chi connectivity index (χ1v) is 7.28. The van der Waals surface area contributed by atoms with Gasteiger partial charge < -0.3 is 10.3 Å². The lowest BCUT2D eigenvalue weighted by Gasteiger charge is -2.14. The third kappa shape index (κ3) is 4.11. The summed E-state index contributed by atoms with van der Waals surface area (Å²) < 4.78 is 18.6. The first-order valence-electron chi connectivity index (χ1n) is 7.28. The Kier molecular flexibility index (Phi) is 5.07. The SMILES string of the molecule is Cc1ccc(F)cc1-c1noc(C[C@@H](CN)CC(C)C)n1. The van der Waals surface area contributed by atoms with Crippen LogP contribution in [0, 0.1) is 24.6 Å². The van der Waals surface area contributed by atoms with E-state index in [4.69, 9.17) is 10.3 Å². The van der Waals surface area contributed by atoms with E-state index in [-0.39, 0.29) is 5.82 Å². The van der Waals surface area contributed by atoms with Crippen molar-refractivity contribution in [3.63, 3.8) is 0 Å². The Morgan fingerprint density at radius 1 is 1.33 bits per heavy atom. The maximum atomic E-state index is 13.3. The van der Waals surface area contributed by atoms with Gasteiger partial charge in [0.25, 0.3) is 0 Å². The molecular formula is C16H22FN3O. The number of aryl methyl sites for hydroxylation is 1. The highest BCUT2D eigenvalue weighted by molar-refractivity contribution is 5.59. The van der Waals surface area contributed by atoms with Crippen molar-refractivity contribution < 1.29 is 8.91 Å². The average Bonchev–Trinajstić information content (AvgIpc) is 2.88. The molecule has 0 unspecified atom stereocenters. The molecule has 0 radical (unpaired) electrons. The fourth-order valence-corrected chi connectivity index (χ4v) is 2.46. The fourth-order valence-electron chi connectivity index (χ4n) is 2.46. The van der Waals surface area contributed by atoms with E-state index in [1.54, 1.807) is 6.07 Å². The van der Waals surface area contributed by atoms with E-state index >= 15 is 0 Å². The zero-order valence-electron chi connectivity index (χ0n) is 12.8. The maximum Gasteiger partial charge on any atom is 0.227 e. The van der Waals surface area contributed by atoms with Crippen LogP contribution in [0.1, 0.15) is 31.7 Å². The third-order valence-electron chi connectivity index (χ3n) is 3.51. The largest absolute Gasteiger partial charge is 0.339 e. The Bertz CT molecular complexity index is 595. The minimum atomic E-state index is -0.304. The molecule has 2 rings (SSSR count). The van der Waals surface area contributed by atoms with Gasteiger partial charge in [-0.25, -0.2) is 4.39 Å². The molecule has 0 saturated heterocycles. The average molecular weight is 291 g/mol. The molecule has 0 bridgehead atoms. The van der Waals surface area contributed by atoms with Gasteiger partial charge in [-0.05, 0) is 49.4 Å². The topological polar surface area (TPSA) is 64.9 Å². The van der Waals surface area contributed by atoms with Crippen molar-refractivity contribution in [2.45, 2.75) is 33.6 Å². The van der Waals surface area contributed by atoms with Gasteiger partial charge in [0.05, 0.1) is 0 Å². The lowest BCUT2D eigenvalue weighted by molar-refractivity contribution is 0.332. The van der Waals surface area contributed by atoms with Gasteiger partial charge in [0.2, 0.25) is 11.7 Å². The third-order valence-corrected chi connectivity index (χ3v) is 3.51. The molecule has 2 aromatic rings. The highest BCUT2D eigenvalue weighted by Crippen LogP contribution is 2.23. The summed E-state index contributed by atoms with van der Waals surface area (Å²) >= 11 is 0. The molecule has 1 aromatic carbocycles. The molecule has 4 nitrogen and oxygen atoms in total. The van der Waals surface area contributed by atoms with Crippen molar-refractivity contribution in [3.8, 4) is 11.4 Å². The molecule has 5 heteroatoms. The number of hydrogen-bond donors (Lipinski definition) is 1. The maximum absolute atomic E-state index is 13.3. The molecule has 0 aliphatic carbocycles. The predicted molar refractivity (Wildman–Crippen MR) is 80.1 cm³/mol. The molecule has 0 aliphatic heterocycles. The van der Waals surface area contributed by atoms with Crippen molar-refractivity contribution in [1.82, 2.24) is 10.1 Å². The monoisotopic (exact) mass is 291 g/mol. The summed E-state index contributed by atoms with van der Waals surface area (Å²) in [4.78, 5) is 4.38. The lowest BCUT2D eigenvalue weighted by Crippen LogP contribution is -2.19. The van der Waals surface area contributed by atoms with Gasteiger partial charge in [-0.3, -0.25) is 0 Å². The van der Waals surface area contributed by atoms with Gasteiger partial charge in [0.1, 0.15) is 5.82 Å². The van der Waals surface area contributed by atoms with Crippen LogP contribution in [-0.4, -0.2) is 16.7 Å². The highest BCUT2D eigenvalue weighted by atomic mass is 19.1. The summed E-state index contributed by atoms with van der Waals surface area (Å²) in [5.74, 6) is 1.59. The van der Waals surface area contributed by atoms with E-state index < -0.39 is 0 Å². The van der Waals surface area contributed by atoms with Crippen LogP contribution in [0.4, 0.5) is 4.39 Å². The molecule has 2 N–H and O–H groups in total. The fraction of sp³-hybridized carbons (Fsp3) is 0.500. The van der Waals surface area contributed by atoms with E-state index in [0.29, 0.717) is 42.1 Å². The molecule has 0 amide bonds. The van der Waals surface area contributed by atoms with E-state index in [1.807, 2.05) is 6.92 Å². The van der Waals surface area contributed by atoms with Gasteiger partial charge in [0, 0.05) is 12.0 Å². The second-order valence-electron chi connectivity index (χ2n) is 5.91. The minimum Gasteiger partial charge on any atom is -0.339 e. The molecule has 0 aliphatic rings. The number of halogens is 1. The van der Waals surface area contributed by atoms with Crippen molar-refractivity contribution in [2.24, 2.45) is 17.6 Å². The van der Waals surface area contributed by atoms with Crippen LogP contribution in [0.5, 0.6) is 0 Å². The quantitative estimate of drug-likeness (QED) is 0.886. The molecule has 0 fully saturated rings. The Morgan fingerprint density at radius 3 is 2.76 bits per heavy atom. The first-order chi connectivity index (χ1) is 9.99. The molecule has 21 heavy (non-hydrogen) atoms. The standard InChI is InChI=1S/C16H22FN3O/c1-10(2)6-12(9-18)7-15-19-16(20-21-15)14-8-13(17)5-4-11(14)3/h4-5,8,10,12H,6-7,9,18H2,1-3H3/t12-/m0/s1. The summed E-state index contributed by atoms with van der Waals surface area (Å²) in [5, 5.41) is 3.96. The van der Waals surface area contributed by atoms with Crippen LogP contribution in [0.15, 0.2) is 22.7 Å². The molecule has 1 heterocycles. The Hall–Kier alpha value is -1.75. The van der Waals surface area contributed by atoms with Crippen LogP contribution < -0.4 is 5.73 Å². The van der Waals surface area contributed by atoms with Crippen LogP contribution in [0.3, 0.4) is 0 Å². The van der Waals surface area contributed by atoms with Gasteiger partial charge in [-0.2, -0.15) is 4.98 Å². The normalized spacial score (nSPS) is 12.9. The summed E-state index contributed by atoms with van der Waals surface area (Å²) in [6.07, 6.45) is 1.68. The second kappa shape index (κ2) is 6.80. The Morgan fingerprint density at radius 2 is 2.10 bits per heavy atom. The zero-order valence-corrected chi connectivity index (χ0v) is 12.8. The number of nitrogens with two attached hydrogens (primary N) is 1. The summed E-state index contributed by atoms with van der Waals surface area (Å²) in [6.45, 7) is 6.82. The highest BCUT2D eigenvalue weighted by Gasteiger charge is 2.16. The van der Waals surface area contributed by atoms with Crippen molar-refractivity contribution in [1.29, 1.82) is 0 Å². The van der Waals surface area contributed by atoms with Crippen LogP contribution >= 0.6 is 0 Å². The van der Waals surface area contributed by atoms with Gasteiger partial charge in [-0.1, -0.05) is 25.1 Å². The number of benzene rings is 1. The van der Waals surface area contributed by atoms with Crippen LogP contribution in [0.25, 0.3) is 11.4 Å². The van der Waals surface area contributed by atoms with Gasteiger partial charge >= 0.3 is 0 Å². The van der Waals surface area contributed by atoms with Crippen LogP contribution in [-0.2, 0) is 6.42 Å². The van der Waals surface area contributed by atoms with Crippen molar-refractivity contribution in [2.75, 3.05) is 6.54 Å². The van der Waals surface area contributed by atoms with Crippen molar-refractivity contribution in [3.05, 3.63) is 35.5 Å². The van der Waals surface area contributed by atoms with Crippen LogP contribution in [0.2, 0.25) is 0 Å². The van der Waals surface area contributed by atoms with E-state index in [2.05, 4.69) is 24.0 Å². The lowest BCUT2D eigenvalue weighted by atomic mass is 9.94. The van der Waals surface area contributed by atoms with E-state index in [1.165, 1.54) is 12.1 Å². The summed E-state index contributed by atoms with van der Waals surface area (Å²) in [7, 11) is 0. The van der Waals surface area contributed by atoms with Gasteiger partial charge in [-0.15, -0.1) is 0 Å². The first kappa shape index (κ1) is 15.6. The smallest absolute Gasteiger partial charge is 0.227 e. The molecular weight excluding hydrogens is 269 g/mol. The number of hydrogen-bond acceptors (Lipinski definition) is 4. The molecule has 1 aromatic heterocycles. The minimum absolute atomic E-state index is 0.304. The van der Waals surface area contributed by atoms with Crippen molar-refractivity contribution >= 4 is 0 Å². The molecule has 0 saturated carbocycles. The van der Waals surface area contributed by atoms with Gasteiger partial charge in [0.15, 0.2) is 0 Å². The second-order valence-corrected chi connectivity index (χ2v) is 5.91. The predicted octanol–water partition coefficient (Wildman–Crippen LogP) is 3.35. The number of nitrogens with zero attached hydrogens (tertiary/aromatic N) is 2. The molecule has 114 valence electrons. The van der Waals surface area contributed by atoms with E-state index in [0.717, 1.165) is 12.0 Å². The number of aromatic nitrogens is 2. The summed E-state index contributed by atoms with van der Waals surface area (Å²) in [5.41, 5.74) is 7.37. The zero-order chi connectivity index (χ0) is 15.4. The molecule has 0 spiro atoms. The summed E-state index contributed by atoms with van der Waals surface area (Å²) in [6, 6.07) is 4.56. The Balaban J connectivity index is 2.16. The molecule has 1 atom stereocenters. The number of rotatable bonds is 6.